The Kier molecular flexibility index (Phi) is 2.57. The van der Waals surface area contributed by atoms with Crippen LogP contribution in [0.3, 0.4) is 0 Å². The minimum atomic E-state index is -0.727. The molecule has 0 fully saturated rings. The molecular formula is C14H8N2O4. The molecule has 0 aliphatic carbocycles. The number of hydrogen-bond donors (Lipinski definition) is 1. The fourth-order valence-corrected chi connectivity index (χ4v) is 2.28. The summed E-state index contributed by atoms with van der Waals surface area (Å²) in [7, 11) is 0. The van der Waals surface area contributed by atoms with E-state index in [2.05, 4.69) is 5.32 Å². The number of nitro benzene ring substituents is 1. The molecule has 2 aromatic carbocycles. The molecule has 0 saturated heterocycles. The van der Waals surface area contributed by atoms with Gasteiger partial charge in [-0.1, -0.05) is 30.3 Å². The van der Waals surface area contributed by atoms with Crippen LogP contribution in [-0.2, 0) is 0 Å². The Morgan fingerprint density at radius 1 is 0.900 bits per heavy atom. The van der Waals surface area contributed by atoms with E-state index >= 15 is 0 Å². The molecule has 0 spiro atoms. The fraction of sp³-hybridized carbons (Fsp3) is 0. The number of imide groups is 1. The van der Waals surface area contributed by atoms with Crippen LogP contribution in [0.1, 0.15) is 20.7 Å². The van der Waals surface area contributed by atoms with E-state index in [1.54, 1.807) is 30.3 Å². The molecule has 1 aliphatic rings. The van der Waals surface area contributed by atoms with Gasteiger partial charge >= 0.3 is 0 Å². The molecule has 20 heavy (non-hydrogen) atoms. The molecule has 0 aromatic heterocycles. The van der Waals surface area contributed by atoms with E-state index in [4.69, 9.17) is 0 Å². The molecule has 2 aromatic rings. The lowest BCUT2D eigenvalue weighted by atomic mass is 9.97. The second-order valence-electron chi connectivity index (χ2n) is 4.29. The van der Waals surface area contributed by atoms with Crippen LogP contribution in [-0.4, -0.2) is 16.7 Å². The Balaban J connectivity index is 2.34. The Morgan fingerprint density at radius 2 is 1.55 bits per heavy atom. The third-order valence-electron chi connectivity index (χ3n) is 3.14. The van der Waals surface area contributed by atoms with Gasteiger partial charge in [-0.3, -0.25) is 25.0 Å². The topological polar surface area (TPSA) is 89.3 Å². The molecule has 1 aliphatic heterocycles. The molecule has 6 heteroatoms. The molecule has 0 bridgehead atoms. The van der Waals surface area contributed by atoms with Gasteiger partial charge in [0.05, 0.1) is 16.1 Å². The first-order valence-electron chi connectivity index (χ1n) is 5.82. The van der Waals surface area contributed by atoms with Gasteiger partial charge < -0.3 is 0 Å². The second kappa shape index (κ2) is 4.27. The SMILES string of the molecule is O=C1NC(=O)c2c1ccc(-c1ccccc1)c2[N+](=O)[O-]. The van der Waals surface area contributed by atoms with Gasteiger partial charge in [0, 0.05) is 0 Å². The summed E-state index contributed by atoms with van der Waals surface area (Å²) in [6.07, 6.45) is 0. The van der Waals surface area contributed by atoms with E-state index < -0.39 is 16.7 Å². The molecule has 0 saturated carbocycles. The highest BCUT2D eigenvalue weighted by atomic mass is 16.6. The maximum Gasteiger partial charge on any atom is 0.290 e. The quantitative estimate of drug-likeness (QED) is 0.513. The van der Waals surface area contributed by atoms with Crippen LogP contribution in [0, 0.1) is 10.1 Å². The van der Waals surface area contributed by atoms with E-state index in [1.165, 1.54) is 12.1 Å². The summed E-state index contributed by atoms with van der Waals surface area (Å²) in [5.74, 6) is -1.33. The van der Waals surface area contributed by atoms with Gasteiger partial charge in [-0.2, -0.15) is 0 Å². The molecule has 1 heterocycles. The van der Waals surface area contributed by atoms with Crippen molar-refractivity contribution in [2.75, 3.05) is 0 Å². The van der Waals surface area contributed by atoms with Gasteiger partial charge in [0.2, 0.25) is 0 Å². The van der Waals surface area contributed by atoms with E-state index in [9.17, 15) is 19.7 Å². The zero-order valence-corrected chi connectivity index (χ0v) is 10.1. The summed E-state index contributed by atoms with van der Waals surface area (Å²) in [5, 5.41) is 13.4. The highest BCUT2D eigenvalue weighted by molar-refractivity contribution is 6.24. The smallest absolute Gasteiger partial charge is 0.288 e. The molecule has 0 unspecified atom stereocenters. The average molecular weight is 268 g/mol. The van der Waals surface area contributed by atoms with Crippen molar-refractivity contribution in [3.63, 3.8) is 0 Å². The standard InChI is InChI=1S/C14H8N2O4/c17-13-10-7-6-9(8-4-2-1-3-5-8)12(16(19)20)11(10)14(18)15-13/h1-7H,(H,15,17,18). The Morgan fingerprint density at radius 3 is 2.20 bits per heavy atom. The maximum atomic E-state index is 11.7. The van der Waals surface area contributed by atoms with Crippen molar-refractivity contribution in [2.45, 2.75) is 0 Å². The van der Waals surface area contributed by atoms with Crippen molar-refractivity contribution in [1.29, 1.82) is 0 Å². The zero-order valence-electron chi connectivity index (χ0n) is 10.1. The van der Waals surface area contributed by atoms with Crippen LogP contribution in [0.2, 0.25) is 0 Å². The Bertz CT molecular complexity index is 753. The van der Waals surface area contributed by atoms with E-state index in [0.717, 1.165) is 0 Å². The molecule has 3 rings (SSSR count). The number of nitro groups is 1. The zero-order chi connectivity index (χ0) is 14.3. The van der Waals surface area contributed by atoms with Crippen LogP contribution < -0.4 is 5.32 Å². The highest BCUT2D eigenvalue weighted by Gasteiger charge is 2.36. The van der Waals surface area contributed by atoms with Crippen molar-refractivity contribution in [2.24, 2.45) is 0 Å². The summed E-state index contributed by atoms with van der Waals surface area (Å²) in [4.78, 5) is 34.0. The van der Waals surface area contributed by atoms with Crippen LogP contribution in [0.15, 0.2) is 42.5 Å². The summed E-state index contributed by atoms with van der Waals surface area (Å²) >= 11 is 0. The van der Waals surface area contributed by atoms with Gasteiger partial charge in [0.25, 0.3) is 17.5 Å². The Hall–Kier alpha value is -3.02. The monoisotopic (exact) mass is 268 g/mol. The minimum absolute atomic E-state index is 0.0429. The van der Waals surface area contributed by atoms with Gasteiger partial charge in [0.1, 0.15) is 5.56 Å². The van der Waals surface area contributed by atoms with Gasteiger partial charge in [-0.15, -0.1) is 0 Å². The number of nitrogens with one attached hydrogen (secondary N) is 1. The predicted octanol–water partition coefficient (Wildman–Crippen LogP) is 2.15. The third-order valence-corrected chi connectivity index (χ3v) is 3.14. The fourth-order valence-electron chi connectivity index (χ4n) is 2.28. The van der Waals surface area contributed by atoms with Gasteiger partial charge in [-0.25, -0.2) is 0 Å². The minimum Gasteiger partial charge on any atom is -0.288 e. The molecular weight excluding hydrogens is 260 g/mol. The van der Waals surface area contributed by atoms with Crippen molar-refractivity contribution >= 4 is 17.5 Å². The number of carbonyl (C=O) groups excluding carboxylic acids is 2. The van der Waals surface area contributed by atoms with Crippen molar-refractivity contribution in [1.82, 2.24) is 5.32 Å². The van der Waals surface area contributed by atoms with Crippen molar-refractivity contribution < 1.29 is 14.5 Å². The molecule has 0 radical (unpaired) electrons. The van der Waals surface area contributed by atoms with E-state index in [-0.39, 0.29) is 16.8 Å². The number of carbonyl (C=O) groups is 2. The third kappa shape index (κ3) is 1.66. The summed E-state index contributed by atoms with van der Waals surface area (Å²) < 4.78 is 0. The van der Waals surface area contributed by atoms with Crippen LogP contribution in [0.25, 0.3) is 11.1 Å². The normalized spacial score (nSPS) is 13.0. The molecule has 1 N–H and O–H groups in total. The van der Waals surface area contributed by atoms with Crippen molar-refractivity contribution in [3.8, 4) is 11.1 Å². The summed E-state index contributed by atoms with van der Waals surface area (Å²) in [6, 6.07) is 11.6. The predicted molar refractivity (Wildman–Crippen MR) is 70.3 cm³/mol. The number of hydrogen-bond acceptors (Lipinski definition) is 4. The van der Waals surface area contributed by atoms with Crippen LogP contribution in [0.5, 0.6) is 0 Å². The molecule has 2 amide bonds. The van der Waals surface area contributed by atoms with Gasteiger partial charge in [-0.05, 0) is 17.7 Å². The van der Waals surface area contributed by atoms with Crippen molar-refractivity contribution in [3.05, 3.63) is 63.7 Å². The first-order valence-corrected chi connectivity index (χ1v) is 5.82. The van der Waals surface area contributed by atoms with E-state index in [1.807, 2.05) is 0 Å². The first-order chi connectivity index (χ1) is 9.59. The summed E-state index contributed by atoms with van der Waals surface area (Å²) in [5.41, 5.74) is 0.480. The largest absolute Gasteiger partial charge is 0.290 e. The van der Waals surface area contributed by atoms with Crippen LogP contribution >= 0.6 is 0 Å². The van der Waals surface area contributed by atoms with Crippen LogP contribution in [0.4, 0.5) is 5.69 Å². The lowest BCUT2D eigenvalue weighted by Crippen LogP contribution is -2.20. The molecule has 98 valence electrons. The number of fused-ring (bicyclic) bond motifs is 1. The lowest BCUT2D eigenvalue weighted by molar-refractivity contribution is -0.384. The maximum absolute atomic E-state index is 11.7. The average Bonchev–Trinajstić information content (AvgIpc) is 2.74. The molecule has 6 nitrogen and oxygen atoms in total. The Labute approximate surface area is 113 Å². The summed E-state index contributed by atoms with van der Waals surface area (Å²) in [6.45, 7) is 0. The highest BCUT2D eigenvalue weighted by Crippen LogP contribution is 2.36. The first kappa shape index (κ1) is 12.0. The van der Waals surface area contributed by atoms with Gasteiger partial charge in [0.15, 0.2) is 0 Å². The lowest BCUT2D eigenvalue weighted by Gasteiger charge is -2.05. The number of amides is 2. The molecule has 0 atom stereocenters. The number of rotatable bonds is 2. The van der Waals surface area contributed by atoms with E-state index in [0.29, 0.717) is 11.1 Å². The second-order valence-corrected chi connectivity index (χ2v) is 4.29. The number of benzene rings is 2. The number of nitrogens with zero attached hydrogens (tertiary/aromatic N) is 1.